The molecule has 47 heavy (non-hydrogen) atoms. The Labute approximate surface area is 288 Å². The number of fused-ring (bicyclic) bond motifs is 3. The fourth-order valence-electron chi connectivity index (χ4n) is 9.75. The molecule has 0 bridgehead atoms. The van der Waals surface area contributed by atoms with Crippen molar-refractivity contribution < 1.29 is 18.3 Å². The first-order valence-corrected chi connectivity index (χ1v) is 27.8. The van der Waals surface area contributed by atoms with E-state index in [-0.39, 0.29) is 10.8 Å². The summed E-state index contributed by atoms with van der Waals surface area (Å²) < 4.78 is 8.60. The van der Waals surface area contributed by atoms with Gasteiger partial charge in [0.25, 0.3) is 0 Å². The summed E-state index contributed by atoms with van der Waals surface area (Å²) in [5.41, 5.74) is 13.9. The molecule has 0 aromatic heterocycles. The summed E-state index contributed by atoms with van der Waals surface area (Å²) >= 11 is -4.24. The third-order valence-corrected chi connectivity index (χ3v) is 30.4. The summed E-state index contributed by atoms with van der Waals surface area (Å²) in [6.07, 6.45) is 15.4. The van der Waals surface area contributed by atoms with Gasteiger partial charge >= 0.3 is 290 Å². The van der Waals surface area contributed by atoms with Crippen LogP contribution in [0.2, 0.25) is 12.9 Å². The van der Waals surface area contributed by atoms with E-state index in [9.17, 15) is 0 Å². The molecule has 3 aliphatic rings. The van der Waals surface area contributed by atoms with Crippen LogP contribution >= 0.6 is 0 Å². The van der Waals surface area contributed by atoms with Crippen LogP contribution in [0.25, 0.3) is 11.1 Å². The van der Waals surface area contributed by atoms with E-state index in [1.54, 1.807) is 16.7 Å². The van der Waals surface area contributed by atoms with E-state index in [1.807, 2.05) is 3.21 Å². The van der Waals surface area contributed by atoms with Gasteiger partial charge in [-0.15, -0.1) is 0 Å². The van der Waals surface area contributed by atoms with E-state index in [0.717, 1.165) is 0 Å². The molecule has 0 heterocycles. The molecular formula is C46H62Zr. The number of allylic oxidation sites excluding steroid dienone is 4. The molecule has 3 aromatic rings. The molecule has 250 valence electrons. The molecule has 0 nitrogen and oxygen atoms in total. The predicted octanol–water partition coefficient (Wildman–Crippen LogP) is 13.7. The second-order valence-corrected chi connectivity index (χ2v) is 36.2. The third kappa shape index (κ3) is 5.94. The topological polar surface area (TPSA) is 0 Å². The molecule has 1 fully saturated rings. The van der Waals surface area contributed by atoms with Gasteiger partial charge in [0.1, 0.15) is 0 Å². The Morgan fingerprint density at radius 2 is 1.09 bits per heavy atom. The predicted molar refractivity (Wildman–Crippen MR) is 206 cm³/mol. The van der Waals surface area contributed by atoms with Crippen molar-refractivity contribution in [1.82, 2.24) is 0 Å². The molecule has 0 saturated heterocycles. The molecule has 3 aliphatic carbocycles. The van der Waals surface area contributed by atoms with Crippen molar-refractivity contribution in [2.75, 3.05) is 0 Å². The molecule has 0 N–H and O–H groups in total. The molecule has 6 rings (SSSR count). The molecule has 0 atom stereocenters. The molecular weight excluding hydrogens is 644 g/mol. The van der Waals surface area contributed by atoms with Crippen LogP contribution in [0.5, 0.6) is 0 Å². The van der Waals surface area contributed by atoms with E-state index in [4.69, 9.17) is 0 Å². The monoisotopic (exact) mass is 704 g/mol. The van der Waals surface area contributed by atoms with Crippen LogP contribution in [0.15, 0.2) is 78.9 Å². The van der Waals surface area contributed by atoms with Gasteiger partial charge in [0.2, 0.25) is 0 Å². The van der Waals surface area contributed by atoms with Gasteiger partial charge in [-0.25, -0.2) is 0 Å². The van der Waals surface area contributed by atoms with Crippen LogP contribution in [0, 0.1) is 5.92 Å². The minimum absolute atomic E-state index is 0.0979. The van der Waals surface area contributed by atoms with Crippen LogP contribution in [0.3, 0.4) is 0 Å². The summed E-state index contributed by atoms with van der Waals surface area (Å²) in [7, 11) is 0. The zero-order valence-electron chi connectivity index (χ0n) is 31.7. The first-order valence-electron chi connectivity index (χ1n) is 18.8. The van der Waals surface area contributed by atoms with Gasteiger partial charge in [-0.2, -0.15) is 0 Å². The van der Waals surface area contributed by atoms with Crippen molar-refractivity contribution in [2.24, 2.45) is 5.92 Å². The van der Waals surface area contributed by atoms with E-state index in [1.165, 1.54) is 59.1 Å². The Morgan fingerprint density at radius 3 is 1.49 bits per heavy atom. The van der Waals surface area contributed by atoms with E-state index in [2.05, 4.69) is 157 Å². The van der Waals surface area contributed by atoms with Gasteiger partial charge in [-0.3, -0.25) is 0 Å². The summed E-state index contributed by atoms with van der Waals surface area (Å²) in [6.45, 7) is 23.9. The van der Waals surface area contributed by atoms with Gasteiger partial charge in [-0.05, 0) is 0 Å². The molecule has 0 aliphatic heterocycles. The average Bonchev–Trinajstić information content (AvgIpc) is 3.77. The second kappa shape index (κ2) is 12.0. The van der Waals surface area contributed by atoms with Crippen molar-refractivity contribution in [3.05, 3.63) is 118 Å². The molecule has 0 spiro atoms. The van der Waals surface area contributed by atoms with Crippen molar-refractivity contribution in [2.45, 2.75) is 134 Å². The first kappa shape index (κ1) is 34.7. The zero-order valence-corrected chi connectivity index (χ0v) is 34.2. The van der Waals surface area contributed by atoms with Crippen molar-refractivity contribution in [3.63, 3.8) is 0 Å². The first-order chi connectivity index (χ1) is 21.9. The maximum atomic E-state index is 2.90. The van der Waals surface area contributed by atoms with Gasteiger partial charge in [0.05, 0.1) is 0 Å². The van der Waals surface area contributed by atoms with Gasteiger partial charge < -0.3 is 0 Å². The quantitative estimate of drug-likeness (QED) is 0.239. The molecule has 0 unspecified atom stereocenters. The zero-order chi connectivity index (χ0) is 34.1. The normalized spacial score (nSPS) is 17.8. The van der Waals surface area contributed by atoms with Gasteiger partial charge in [-0.1, -0.05) is 0 Å². The van der Waals surface area contributed by atoms with Crippen LogP contribution < -0.4 is 0 Å². The van der Waals surface area contributed by atoms with E-state index in [0.29, 0.717) is 25.0 Å². The van der Waals surface area contributed by atoms with Crippen LogP contribution in [0.1, 0.15) is 149 Å². The van der Waals surface area contributed by atoms with Crippen LogP contribution in [-0.2, 0) is 29.1 Å². The van der Waals surface area contributed by atoms with Crippen LogP contribution in [-0.4, -0.2) is 3.21 Å². The van der Waals surface area contributed by atoms with Crippen molar-refractivity contribution >= 4 is 3.21 Å². The Hall–Kier alpha value is -2.11. The second-order valence-electron chi connectivity index (χ2n) is 19.0. The summed E-state index contributed by atoms with van der Waals surface area (Å²) in [4.78, 5) is 0. The van der Waals surface area contributed by atoms with Crippen molar-refractivity contribution in [3.8, 4) is 11.1 Å². The molecule has 3 aromatic carbocycles. The molecule has 0 radical (unpaired) electrons. The number of benzene rings is 3. The van der Waals surface area contributed by atoms with E-state index >= 15 is 0 Å². The fraction of sp³-hybridized carbons (Fsp3) is 0.500. The minimum atomic E-state index is -4.24. The number of hydrogen-bond donors (Lipinski definition) is 0. The average molecular weight is 706 g/mol. The number of rotatable bonds is 6. The molecule has 0 amide bonds. The van der Waals surface area contributed by atoms with Crippen LogP contribution in [0.4, 0.5) is 0 Å². The molecule has 1 heteroatoms. The van der Waals surface area contributed by atoms with Gasteiger partial charge in [0, 0.05) is 0 Å². The Bertz CT molecular complexity index is 1710. The standard InChI is InChI=1S/C21H25.C18H26.C5H5.2CH3.Zr/c1-20(2,3)16-7-9-18-14(12-16)11-15-13-17(21(4,5)6)8-10-19(15)18;1-13(2)17-10-16(9-15-7-5-6-8-15)11-18(12-17)14(3)4;1-2-4-5-3-1;;;/h7-13H,1-6H3;10-15H,5-8H2,1-4H3;1-5H;2*1H3;. The molecule has 1 saturated carbocycles. The summed E-state index contributed by atoms with van der Waals surface area (Å²) in [5, 5.41) is 0. The van der Waals surface area contributed by atoms with Gasteiger partial charge in [0.15, 0.2) is 0 Å². The third-order valence-electron chi connectivity index (χ3n) is 12.6. The maximum absolute atomic E-state index is 4.24. The Balaban J connectivity index is 1.83. The van der Waals surface area contributed by atoms with Crippen molar-refractivity contribution in [1.29, 1.82) is 0 Å². The Kier molecular flexibility index (Phi) is 8.90. The fourth-order valence-corrected chi connectivity index (χ4v) is 28.1. The summed E-state index contributed by atoms with van der Waals surface area (Å²) in [6, 6.07) is 23.0. The SMILES string of the molecule is CC(C)c1cc([C](C2CCCC2)=[Zr]([CH3])([CH3])([CH]2C=CC=C2)[CH]2c3cc(C(C)(C)C)ccc3-c3ccc(C(C)(C)C)cc32)cc(C(C)C)c1. The van der Waals surface area contributed by atoms with E-state index < -0.39 is 18.3 Å². The summed E-state index contributed by atoms with van der Waals surface area (Å²) in [5.74, 6) is 1.67. The number of hydrogen-bond acceptors (Lipinski definition) is 0. The Morgan fingerprint density at radius 1 is 0.638 bits per heavy atom.